The van der Waals surface area contributed by atoms with Gasteiger partial charge in [0.05, 0.1) is 17.1 Å². The maximum absolute atomic E-state index is 11.5. The molecule has 0 fully saturated rings. The van der Waals surface area contributed by atoms with Crippen molar-refractivity contribution in [3.63, 3.8) is 0 Å². The minimum Gasteiger partial charge on any atom is -0.493 e. The number of non-ortho nitro benzene ring substituents is 1. The van der Waals surface area contributed by atoms with Crippen LogP contribution in [0.4, 0.5) is 5.69 Å². The smallest absolute Gasteiger partial charge is 0.270 e. The topological polar surface area (TPSA) is 69.4 Å². The molecule has 0 spiro atoms. The average Bonchev–Trinajstić information content (AvgIpc) is 2.34. The fourth-order valence-electron chi connectivity index (χ4n) is 1.71. The fourth-order valence-corrected chi connectivity index (χ4v) is 1.71. The Balaban J connectivity index is 2.77. The maximum Gasteiger partial charge on any atom is 0.270 e. The summed E-state index contributed by atoms with van der Waals surface area (Å²) in [4.78, 5) is 21.6. The number of benzene rings is 1. The number of nitro groups is 1. The van der Waals surface area contributed by atoms with Gasteiger partial charge in [-0.3, -0.25) is 14.9 Å². The zero-order valence-electron chi connectivity index (χ0n) is 11.5. The summed E-state index contributed by atoms with van der Waals surface area (Å²) in [6.07, 6.45) is 1.94. The van der Waals surface area contributed by atoms with Gasteiger partial charge in [-0.2, -0.15) is 0 Å². The van der Waals surface area contributed by atoms with Crippen molar-refractivity contribution >= 4 is 11.5 Å². The molecule has 1 rings (SSSR count). The molecule has 1 aromatic carbocycles. The first-order chi connectivity index (χ1) is 8.91. The Morgan fingerprint density at radius 2 is 2.11 bits per heavy atom. The number of Topliss-reactive ketones (excluding diaryl/α,β-unsaturated/α-hetero) is 1. The number of hydrogen-bond donors (Lipinski definition) is 0. The van der Waals surface area contributed by atoms with E-state index in [-0.39, 0.29) is 17.0 Å². The van der Waals surface area contributed by atoms with E-state index in [1.165, 1.54) is 25.1 Å². The van der Waals surface area contributed by atoms with Gasteiger partial charge in [-0.15, -0.1) is 0 Å². The largest absolute Gasteiger partial charge is 0.493 e. The lowest BCUT2D eigenvalue weighted by atomic mass is 10.1. The Morgan fingerprint density at radius 3 is 2.63 bits per heavy atom. The molecule has 5 heteroatoms. The molecule has 0 amide bonds. The van der Waals surface area contributed by atoms with Crippen molar-refractivity contribution in [2.75, 3.05) is 6.61 Å². The number of rotatable bonds is 7. The zero-order valence-corrected chi connectivity index (χ0v) is 11.5. The van der Waals surface area contributed by atoms with Crippen LogP contribution in [0.25, 0.3) is 0 Å². The van der Waals surface area contributed by atoms with E-state index in [0.29, 0.717) is 18.3 Å². The lowest BCUT2D eigenvalue weighted by molar-refractivity contribution is -0.384. The van der Waals surface area contributed by atoms with E-state index in [9.17, 15) is 14.9 Å². The number of nitrogens with zero attached hydrogens (tertiary/aromatic N) is 1. The van der Waals surface area contributed by atoms with E-state index in [2.05, 4.69) is 13.8 Å². The summed E-state index contributed by atoms with van der Waals surface area (Å²) in [7, 11) is 0. The Hall–Kier alpha value is -1.91. The van der Waals surface area contributed by atoms with E-state index < -0.39 is 4.92 Å². The molecule has 0 aliphatic rings. The Kier molecular flexibility index (Phi) is 5.48. The van der Waals surface area contributed by atoms with Gasteiger partial charge >= 0.3 is 0 Å². The first kappa shape index (κ1) is 15.1. The summed E-state index contributed by atoms with van der Waals surface area (Å²) in [6, 6.07) is 4.11. The van der Waals surface area contributed by atoms with Gasteiger partial charge < -0.3 is 4.74 Å². The van der Waals surface area contributed by atoms with E-state index in [0.717, 1.165) is 12.8 Å². The van der Waals surface area contributed by atoms with Crippen LogP contribution in [0.3, 0.4) is 0 Å². The number of hydrogen-bond acceptors (Lipinski definition) is 4. The third-order valence-corrected chi connectivity index (χ3v) is 2.74. The lowest BCUT2D eigenvalue weighted by Crippen LogP contribution is -2.04. The van der Waals surface area contributed by atoms with Crippen LogP contribution >= 0.6 is 0 Å². The van der Waals surface area contributed by atoms with Crippen LogP contribution in [0.2, 0.25) is 0 Å². The second-order valence-electron chi connectivity index (χ2n) is 4.88. The van der Waals surface area contributed by atoms with Crippen LogP contribution < -0.4 is 4.74 Å². The predicted octanol–water partition coefficient (Wildman–Crippen LogP) is 3.61. The van der Waals surface area contributed by atoms with E-state index in [1.807, 2.05) is 0 Å². The van der Waals surface area contributed by atoms with Crippen LogP contribution in [0, 0.1) is 16.0 Å². The molecule has 1 aromatic rings. The molecule has 0 aliphatic carbocycles. The molecule has 0 aliphatic heterocycles. The molecule has 0 radical (unpaired) electrons. The van der Waals surface area contributed by atoms with Gasteiger partial charge in [0.25, 0.3) is 5.69 Å². The number of carbonyl (C=O) groups is 1. The molecule has 0 N–H and O–H groups in total. The van der Waals surface area contributed by atoms with Crippen molar-refractivity contribution in [2.24, 2.45) is 5.92 Å². The molecular weight excluding hydrogens is 246 g/mol. The van der Waals surface area contributed by atoms with Gasteiger partial charge in [0, 0.05) is 12.1 Å². The fraction of sp³-hybridized carbons (Fsp3) is 0.500. The normalized spacial score (nSPS) is 10.5. The third kappa shape index (κ3) is 4.69. The van der Waals surface area contributed by atoms with Crippen LogP contribution in [0.5, 0.6) is 5.75 Å². The second-order valence-corrected chi connectivity index (χ2v) is 4.88. The third-order valence-electron chi connectivity index (χ3n) is 2.74. The van der Waals surface area contributed by atoms with Crippen molar-refractivity contribution in [3.8, 4) is 5.75 Å². The van der Waals surface area contributed by atoms with Crippen molar-refractivity contribution in [2.45, 2.75) is 33.6 Å². The molecule has 104 valence electrons. The van der Waals surface area contributed by atoms with Crippen LogP contribution in [0.15, 0.2) is 18.2 Å². The summed E-state index contributed by atoms with van der Waals surface area (Å²) in [5.41, 5.74) is 0.165. The highest BCUT2D eigenvalue weighted by Crippen LogP contribution is 2.25. The average molecular weight is 265 g/mol. The summed E-state index contributed by atoms with van der Waals surface area (Å²) < 4.78 is 5.54. The van der Waals surface area contributed by atoms with Gasteiger partial charge in [0.1, 0.15) is 5.75 Å². The number of nitro benzene ring substituents is 1. The molecule has 0 saturated carbocycles. The summed E-state index contributed by atoms with van der Waals surface area (Å²) in [5.74, 6) is 0.789. The monoisotopic (exact) mass is 265 g/mol. The second kappa shape index (κ2) is 6.87. The van der Waals surface area contributed by atoms with Crippen LogP contribution in [-0.4, -0.2) is 17.3 Å². The SMILES string of the molecule is CC(=O)c1cc([N+](=O)[O-])ccc1OCCCC(C)C. The van der Waals surface area contributed by atoms with Crippen molar-refractivity contribution < 1.29 is 14.5 Å². The molecule has 0 bridgehead atoms. The van der Waals surface area contributed by atoms with Crippen LogP contribution in [0.1, 0.15) is 44.0 Å². The van der Waals surface area contributed by atoms with Gasteiger partial charge in [-0.25, -0.2) is 0 Å². The van der Waals surface area contributed by atoms with Gasteiger partial charge in [0.2, 0.25) is 0 Å². The zero-order chi connectivity index (χ0) is 14.4. The molecule has 0 aromatic heterocycles. The highest BCUT2D eigenvalue weighted by Gasteiger charge is 2.14. The molecule has 0 saturated heterocycles. The lowest BCUT2D eigenvalue weighted by Gasteiger charge is -2.10. The van der Waals surface area contributed by atoms with E-state index in [4.69, 9.17) is 4.74 Å². The number of carbonyl (C=O) groups excluding carboxylic acids is 1. The maximum atomic E-state index is 11.5. The summed E-state index contributed by atoms with van der Waals surface area (Å²) >= 11 is 0. The van der Waals surface area contributed by atoms with E-state index in [1.54, 1.807) is 0 Å². The Bertz CT molecular complexity index is 469. The first-order valence-electron chi connectivity index (χ1n) is 6.34. The molecule has 19 heavy (non-hydrogen) atoms. The van der Waals surface area contributed by atoms with Gasteiger partial charge in [0.15, 0.2) is 5.78 Å². The van der Waals surface area contributed by atoms with E-state index >= 15 is 0 Å². The summed E-state index contributed by atoms with van der Waals surface area (Å²) in [6.45, 7) is 6.15. The first-order valence-corrected chi connectivity index (χ1v) is 6.34. The van der Waals surface area contributed by atoms with Gasteiger partial charge in [-0.05, 0) is 31.7 Å². The van der Waals surface area contributed by atoms with Crippen molar-refractivity contribution in [1.29, 1.82) is 0 Å². The minimum absolute atomic E-state index is 0.0975. The molecule has 0 unspecified atom stereocenters. The molecular formula is C14H19NO4. The van der Waals surface area contributed by atoms with Crippen molar-refractivity contribution in [3.05, 3.63) is 33.9 Å². The standard InChI is InChI=1S/C14H19NO4/c1-10(2)5-4-8-19-14-7-6-12(15(17)18)9-13(14)11(3)16/h6-7,9-10H,4-5,8H2,1-3H3. The number of ether oxygens (including phenoxy) is 1. The van der Waals surface area contributed by atoms with Crippen LogP contribution in [-0.2, 0) is 0 Å². The quantitative estimate of drug-likeness (QED) is 0.327. The van der Waals surface area contributed by atoms with Gasteiger partial charge in [-0.1, -0.05) is 13.8 Å². The molecule has 0 heterocycles. The Morgan fingerprint density at radius 1 is 1.42 bits per heavy atom. The van der Waals surface area contributed by atoms with Crippen molar-refractivity contribution in [1.82, 2.24) is 0 Å². The highest BCUT2D eigenvalue weighted by molar-refractivity contribution is 5.97. The molecule has 0 atom stereocenters. The number of ketones is 1. The highest BCUT2D eigenvalue weighted by atomic mass is 16.6. The summed E-state index contributed by atoms with van der Waals surface area (Å²) in [5, 5.41) is 10.7. The predicted molar refractivity (Wildman–Crippen MR) is 72.7 cm³/mol. The minimum atomic E-state index is -0.519. The molecule has 5 nitrogen and oxygen atoms in total. The Labute approximate surface area is 112 Å².